The number of nitrogen functional groups attached to an aromatic ring is 1. The van der Waals surface area contributed by atoms with Gasteiger partial charge in [-0.25, -0.2) is 0 Å². The number of benzene rings is 2. The molecule has 2 aromatic carbocycles. The van der Waals surface area contributed by atoms with Crippen LogP contribution in [0.5, 0.6) is 0 Å². The van der Waals surface area contributed by atoms with Crippen LogP contribution < -0.4 is 21.7 Å². The summed E-state index contributed by atoms with van der Waals surface area (Å²) in [6.45, 7) is 1.30. The van der Waals surface area contributed by atoms with Crippen molar-refractivity contribution in [2.45, 2.75) is 57.5 Å². The highest BCUT2D eigenvalue weighted by Crippen LogP contribution is 2.31. The van der Waals surface area contributed by atoms with Crippen LogP contribution in [0.4, 0.5) is 11.4 Å². The first-order valence-electron chi connectivity index (χ1n) is 11.8. The highest BCUT2D eigenvalue weighted by molar-refractivity contribution is 5.98. The Morgan fingerprint density at radius 2 is 1.84 bits per heavy atom. The Labute approximate surface area is 190 Å². The Morgan fingerprint density at radius 3 is 2.62 bits per heavy atom. The van der Waals surface area contributed by atoms with Crippen molar-refractivity contribution < 1.29 is 9.59 Å². The molecule has 1 unspecified atom stereocenters. The van der Waals surface area contributed by atoms with Gasteiger partial charge in [0, 0.05) is 17.3 Å². The van der Waals surface area contributed by atoms with Crippen LogP contribution in [0.2, 0.25) is 0 Å². The number of rotatable bonds is 7. The van der Waals surface area contributed by atoms with Gasteiger partial charge in [0.2, 0.25) is 11.8 Å². The van der Waals surface area contributed by atoms with E-state index in [-0.39, 0.29) is 23.8 Å². The molecule has 0 aromatic heterocycles. The maximum Gasteiger partial charge on any atom is 0.244 e. The number of fused-ring (bicyclic) bond motifs is 1. The minimum Gasteiger partial charge on any atom is -0.399 e. The largest absolute Gasteiger partial charge is 0.399 e. The lowest BCUT2D eigenvalue weighted by molar-refractivity contribution is -0.123. The molecule has 6 nitrogen and oxygen atoms in total. The summed E-state index contributed by atoms with van der Waals surface area (Å²) in [7, 11) is 0. The number of para-hydroxylation sites is 1. The summed E-state index contributed by atoms with van der Waals surface area (Å²) < 4.78 is 0. The fourth-order valence-electron chi connectivity index (χ4n) is 5.15. The van der Waals surface area contributed by atoms with Crippen molar-refractivity contribution in [3.8, 4) is 0 Å². The molecule has 32 heavy (non-hydrogen) atoms. The van der Waals surface area contributed by atoms with Gasteiger partial charge in [-0.05, 0) is 73.9 Å². The van der Waals surface area contributed by atoms with Crippen molar-refractivity contribution in [3.05, 3.63) is 59.7 Å². The third-order valence-corrected chi connectivity index (χ3v) is 7.00. The third kappa shape index (κ3) is 5.30. The zero-order chi connectivity index (χ0) is 22.5. The van der Waals surface area contributed by atoms with Gasteiger partial charge in [0.1, 0.15) is 0 Å². The van der Waals surface area contributed by atoms with E-state index in [1.54, 1.807) is 0 Å². The molecule has 1 heterocycles. The SMILES string of the molecule is NC(=O)[C@H]1CCCC(CCN[C@H]2CCc3ccccc3N(Cc3ccc(N)cc3)C2=O)C1. The molecule has 6 heteroatoms. The Hall–Kier alpha value is -2.86. The van der Waals surface area contributed by atoms with Crippen LogP contribution >= 0.6 is 0 Å². The molecule has 1 saturated carbocycles. The molecule has 170 valence electrons. The quantitative estimate of drug-likeness (QED) is 0.582. The van der Waals surface area contributed by atoms with Gasteiger partial charge in [0.05, 0.1) is 12.6 Å². The Morgan fingerprint density at radius 1 is 1.06 bits per heavy atom. The van der Waals surface area contributed by atoms with Crippen molar-refractivity contribution in [1.29, 1.82) is 0 Å². The van der Waals surface area contributed by atoms with Crippen molar-refractivity contribution in [2.75, 3.05) is 17.2 Å². The van der Waals surface area contributed by atoms with Crippen molar-refractivity contribution in [1.82, 2.24) is 5.32 Å². The summed E-state index contributed by atoms with van der Waals surface area (Å²) in [6, 6.07) is 15.7. The van der Waals surface area contributed by atoms with Crippen LogP contribution in [0.15, 0.2) is 48.5 Å². The van der Waals surface area contributed by atoms with E-state index < -0.39 is 0 Å². The van der Waals surface area contributed by atoms with E-state index in [0.717, 1.165) is 68.4 Å². The fraction of sp³-hybridized carbons (Fsp3) is 0.462. The number of primary amides is 1. The van der Waals surface area contributed by atoms with Crippen molar-refractivity contribution in [2.24, 2.45) is 17.6 Å². The number of nitrogens with two attached hydrogens (primary N) is 2. The lowest BCUT2D eigenvalue weighted by Crippen LogP contribution is -2.46. The molecular weight excluding hydrogens is 400 g/mol. The molecule has 1 aliphatic heterocycles. The van der Waals surface area contributed by atoms with Gasteiger partial charge in [-0.3, -0.25) is 9.59 Å². The van der Waals surface area contributed by atoms with Gasteiger partial charge >= 0.3 is 0 Å². The Bertz CT molecular complexity index is 943. The smallest absolute Gasteiger partial charge is 0.244 e. The van der Waals surface area contributed by atoms with Gasteiger partial charge in [0.25, 0.3) is 0 Å². The van der Waals surface area contributed by atoms with Gasteiger partial charge in [0.15, 0.2) is 0 Å². The molecule has 0 radical (unpaired) electrons. The van der Waals surface area contributed by atoms with Gasteiger partial charge < -0.3 is 21.7 Å². The average Bonchev–Trinajstić information content (AvgIpc) is 2.93. The van der Waals surface area contributed by atoms with Crippen molar-refractivity contribution >= 4 is 23.2 Å². The highest BCUT2D eigenvalue weighted by Gasteiger charge is 2.31. The monoisotopic (exact) mass is 434 g/mol. The number of hydrogen-bond acceptors (Lipinski definition) is 4. The number of carbonyl (C=O) groups excluding carboxylic acids is 2. The highest BCUT2D eigenvalue weighted by atomic mass is 16.2. The maximum atomic E-state index is 13.6. The number of amides is 2. The lowest BCUT2D eigenvalue weighted by atomic mass is 9.79. The molecule has 2 amide bonds. The van der Waals surface area contributed by atoms with Crippen LogP contribution in [0.1, 0.15) is 49.7 Å². The first kappa shape index (κ1) is 22.3. The number of anilines is 2. The molecule has 1 aliphatic carbocycles. The summed E-state index contributed by atoms with van der Waals surface area (Å²) >= 11 is 0. The summed E-state index contributed by atoms with van der Waals surface area (Å²) in [5, 5.41) is 3.54. The van der Waals surface area contributed by atoms with E-state index >= 15 is 0 Å². The second-order valence-electron chi connectivity index (χ2n) is 9.26. The van der Waals surface area contributed by atoms with Gasteiger partial charge in [-0.2, -0.15) is 0 Å². The summed E-state index contributed by atoms with van der Waals surface area (Å²) in [5.41, 5.74) is 15.3. The van der Waals surface area contributed by atoms with Crippen LogP contribution in [0.3, 0.4) is 0 Å². The molecule has 2 aliphatic rings. The van der Waals surface area contributed by atoms with E-state index in [2.05, 4.69) is 11.4 Å². The molecule has 1 fully saturated rings. The Kier molecular flexibility index (Phi) is 7.10. The summed E-state index contributed by atoms with van der Waals surface area (Å²) in [4.78, 5) is 27.1. The lowest BCUT2D eigenvalue weighted by Gasteiger charge is -2.29. The molecule has 2 aromatic rings. The second kappa shape index (κ2) is 10.2. The van der Waals surface area contributed by atoms with Crippen LogP contribution in [-0.4, -0.2) is 24.4 Å². The minimum absolute atomic E-state index is 0.0122. The second-order valence-corrected chi connectivity index (χ2v) is 9.26. The number of nitrogens with zero attached hydrogens (tertiary/aromatic N) is 1. The zero-order valence-electron chi connectivity index (χ0n) is 18.6. The van der Waals surface area contributed by atoms with E-state index in [1.165, 1.54) is 5.56 Å². The van der Waals surface area contributed by atoms with E-state index in [0.29, 0.717) is 12.5 Å². The standard InChI is InChI=1S/C26H34N4O2/c27-22-11-8-19(9-12-22)17-30-24-7-2-1-5-20(24)10-13-23(26(30)32)29-15-14-18-4-3-6-21(16-18)25(28)31/h1-2,5,7-9,11-12,18,21,23,29H,3-4,6,10,13-17,27H2,(H2,28,31)/t18?,21-,23-/m0/s1. The average molecular weight is 435 g/mol. The third-order valence-electron chi connectivity index (χ3n) is 7.00. The number of aryl methyl sites for hydroxylation is 1. The number of hydrogen-bond donors (Lipinski definition) is 3. The predicted octanol–water partition coefficient (Wildman–Crippen LogP) is 3.39. The molecule has 3 atom stereocenters. The first-order chi connectivity index (χ1) is 15.5. The molecule has 0 spiro atoms. The molecule has 5 N–H and O–H groups in total. The van der Waals surface area contributed by atoms with E-state index in [4.69, 9.17) is 11.5 Å². The van der Waals surface area contributed by atoms with Crippen LogP contribution in [0.25, 0.3) is 0 Å². The van der Waals surface area contributed by atoms with E-state index in [1.807, 2.05) is 47.4 Å². The Balaban J connectivity index is 1.43. The maximum absolute atomic E-state index is 13.6. The van der Waals surface area contributed by atoms with Crippen molar-refractivity contribution in [3.63, 3.8) is 0 Å². The minimum atomic E-state index is -0.216. The molecule has 0 saturated heterocycles. The summed E-state index contributed by atoms with van der Waals surface area (Å²) in [6.07, 6.45) is 6.61. The van der Waals surface area contributed by atoms with E-state index in [9.17, 15) is 9.59 Å². The first-order valence-corrected chi connectivity index (χ1v) is 11.8. The normalized spacial score (nSPS) is 23.4. The van der Waals surface area contributed by atoms with Crippen LogP contribution in [0, 0.1) is 11.8 Å². The zero-order valence-corrected chi connectivity index (χ0v) is 18.6. The number of carbonyl (C=O) groups is 2. The van der Waals surface area contributed by atoms with Crippen LogP contribution in [-0.2, 0) is 22.6 Å². The number of nitrogens with one attached hydrogen (secondary N) is 1. The predicted molar refractivity (Wildman–Crippen MR) is 128 cm³/mol. The molecule has 0 bridgehead atoms. The summed E-state index contributed by atoms with van der Waals surface area (Å²) in [5.74, 6) is 0.457. The molecular formula is C26H34N4O2. The van der Waals surface area contributed by atoms with Gasteiger partial charge in [-0.1, -0.05) is 43.2 Å². The fourth-order valence-corrected chi connectivity index (χ4v) is 5.15. The molecule has 4 rings (SSSR count). The van der Waals surface area contributed by atoms with Gasteiger partial charge in [-0.15, -0.1) is 0 Å². The topological polar surface area (TPSA) is 101 Å².